The zero-order valence-electron chi connectivity index (χ0n) is 9.20. The van der Waals surface area contributed by atoms with Gasteiger partial charge in [0.2, 0.25) is 0 Å². The number of methoxy groups -OCH3 is 1. The van der Waals surface area contributed by atoms with Crippen molar-refractivity contribution in [2.75, 3.05) is 13.7 Å². The fourth-order valence-corrected chi connectivity index (χ4v) is 1.97. The molecule has 6 heteroatoms. The Morgan fingerprint density at radius 3 is 2.88 bits per heavy atom. The minimum absolute atomic E-state index is 0.247. The van der Waals surface area contributed by atoms with Crippen molar-refractivity contribution in [3.8, 4) is 0 Å². The van der Waals surface area contributed by atoms with E-state index in [4.69, 9.17) is 4.74 Å². The zero-order chi connectivity index (χ0) is 12.4. The topological polar surface area (TPSA) is 64.1 Å². The van der Waals surface area contributed by atoms with Crippen LogP contribution in [0, 0.1) is 0 Å². The second-order valence-corrected chi connectivity index (χ2v) is 4.49. The number of halogens is 1. The van der Waals surface area contributed by atoms with Crippen molar-refractivity contribution in [1.29, 1.82) is 0 Å². The molecule has 90 valence electrons. The summed E-state index contributed by atoms with van der Waals surface area (Å²) in [5.41, 5.74) is -0.186. The lowest BCUT2D eigenvalue weighted by Crippen LogP contribution is -2.36. The van der Waals surface area contributed by atoms with Gasteiger partial charge in [-0.15, -0.1) is 0 Å². The fourth-order valence-electron chi connectivity index (χ4n) is 1.61. The highest BCUT2D eigenvalue weighted by molar-refractivity contribution is 9.10. The summed E-state index contributed by atoms with van der Waals surface area (Å²) < 4.78 is 6.82. The molecule has 0 atom stereocenters. The first-order valence-corrected chi connectivity index (χ1v) is 5.84. The van der Waals surface area contributed by atoms with E-state index in [9.17, 15) is 9.59 Å². The van der Waals surface area contributed by atoms with E-state index >= 15 is 0 Å². The Morgan fingerprint density at radius 2 is 2.18 bits per heavy atom. The number of ether oxygens (including phenoxy) is 1. The van der Waals surface area contributed by atoms with E-state index in [2.05, 4.69) is 20.9 Å². The molecule has 0 spiro atoms. The third-order valence-corrected chi connectivity index (χ3v) is 2.96. The Bertz CT molecular complexity index is 660. The van der Waals surface area contributed by atoms with Crippen LogP contribution in [-0.4, -0.2) is 23.3 Å². The number of aromatic amines is 1. The number of aromatic nitrogens is 2. The molecule has 1 heterocycles. The summed E-state index contributed by atoms with van der Waals surface area (Å²) in [6.45, 7) is 0.571. The number of H-pyrrole nitrogens is 1. The summed E-state index contributed by atoms with van der Waals surface area (Å²) in [5.74, 6) is 0. The molecule has 0 saturated carbocycles. The van der Waals surface area contributed by atoms with Gasteiger partial charge in [-0.3, -0.25) is 9.36 Å². The number of hydrogen-bond donors (Lipinski definition) is 1. The molecule has 1 N–H and O–H groups in total. The minimum atomic E-state index is -0.419. The molecule has 0 amide bonds. The summed E-state index contributed by atoms with van der Waals surface area (Å²) in [5, 5.41) is 0.490. The smallest absolute Gasteiger partial charge is 0.328 e. The quantitative estimate of drug-likeness (QED) is 0.923. The van der Waals surface area contributed by atoms with E-state index in [1.54, 1.807) is 18.2 Å². The Morgan fingerprint density at radius 1 is 1.41 bits per heavy atom. The predicted molar refractivity (Wildman–Crippen MR) is 68.4 cm³/mol. The van der Waals surface area contributed by atoms with Crippen LogP contribution in [0.15, 0.2) is 32.3 Å². The van der Waals surface area contributed by atoms with Crippen LogP contribution in [0.1, 0.15) is 0 Å². The van der Waals surface area contributed by atoms with E-state index in [1.807, 2.05) is 0 Å². The van der Waals surface area contributed by atoms with Crippen LogP contribution in [-0.2, 0) is 11.3 Å². The van der Waals surface area contributed by atoms with Crippen molar-refractivity contribution in [2.24, 2.45) is 0 Å². The Balaban J connectivity index is 2.68. The second kappa shape index (κ2) is 4.85. The minimum Gasteiger partial charge on any atom is -0.383 e. The lowest BCUT2D eigenvalue weighted by molar-refractivity contribution is 0.185. The fraction of sp³-hybridized carbons (Fsp3) is 0.273. The van der Waals surface area contributed by atoms with Gasteiger partial charge >= 0.3 is 5.69 Å². The highest BCUT2D eigenvalue weighted by atomic mass is 79.9. The number of benzene rings is 1. The highest BCUT2D eigenvalue weighted by Crippen LogP contribution is 2.13. The molecule has 1 aromatic heterocycles. The van der Waals surface area contributed by atoms with Crippen molar-refractivity contribution in [3.63, 3.8) is 0 Å². The molecular formula is C11H11BrN2O3. The van der Waals surface area contributed by atoms with Crippen molar-refractivity contribution < 1.29 is 4.74 Å². The number of nitrogens with one attached hydrogen (secondary N) is 1. The Labute approximate surface area is 105 Å². The van der Waals surface area contributed by atoms with Gasteiger partial charge in [0.25, 0.3) is 5.56 Å². The van der Waals surface area contributed by atoms with Gasteiger partial charge in [0, 0.05) is 11.6 Å². The monoisotopic (exact) mass is 298 g/mol. The normalized spacial score (nSPS) is 10.9. The van der Waals surface area contributed by atoms with Gasteiger partial charge in [0.15, 0.2) is 0 Å². The van der Waals surface area contributed by atoms with E-state index in [0.717, 1.165) is 9.04 Å². The number of rotatable bonds is 3. The van der Waals surface area contributed by atoms with E-state index in [-0.39, 0.29) is 12.1 Å². The molecule has 0 aliphatic rings. The van der Waals surface area contributed by atoms with Gasteiger partial charge in [-0.05, 0) is 18.2 Å². The summed E-state index contributed by atoms with van der Waals surface area (Å²) >= 11 is 3.29. The van der Waals surface area contributed by atoms with E-state index < -0.39 is 5.69 Å². The molecule has 17 heavy (non-hydrogen) atoms. The standard InChI is InChI=1S/C11H11BrN2O3/c1-17-5-4-14-10(15)8-3-2-7(12)6-9(8)13-11(14)16/h2-3,6H,4-5H2,1H3,(H,13,16). The van der Waals surface area contributed by atoms with Crippen molar-refractivity contribution in [3.05, 3.63) is 43.5 Å². The van der Waals surface area contributed by atoms with Crippen molar-refractivity contribution in [1.82, 2.24) is 9.55 Å². The molecule has 0 aliphatic carbocycles. The molecular weight excluding hydrogens is 288 g/mol. The van der Waals surface area contributed by atoms with Crippen LogP contribution >= 0.6 is 15.9 Å². The van der Waals surface area contributed by atoms with Gasteiger partial charge in [-0.2, -0.15) is 0 Å². The van der Waals surface area contributed by atoms with E-state index in [0.29, 0.717) is 17.5 Å². The summed E-state index contributed by atoms with van der Waals surface area (Å²) in [6, 6.07) is 5.16. The number of hydrogen-bond acceptors (Lipinski definition) is 3. The molecule has 0 bridgehead atoms. The average Bonchev–Trinajstić information content (AvgIpc) is 2.28. The molecule has 0 unspecified atom stereocenters. The van der Waals surface area contributed by atoms with Gasteiger partial charge in [-0.1, -0.05) is 15.9 Å². The van der Waals surface area contributed by atoms with Crippen LogP contribution < -0.4 is 11.2 Å². The lowest BCUT2D eigenvalue weighted by Gasteiger charge is -2.05. The first-order chi connectivity index (χ1) is 8.13. The lowest BCUT2D eigenvalue weighted by atomic mass is 10.2. The molecule has 2 aromatic rings. The molecule has 1 aromatic carbocycles. The van der Waals surface area contributed by atoms with Crippen LogP contribution in [0.5, 0.6) is 0 Å². The predicted octanol–water partition coefficient (Wildman–Crippen LogP) is 1.10. The highest BCUT2D eigenvalue weighted by Gasteiger charge is 2.07. The van der Waals surface area contributed by atoms with Crippen LogP contribution in [0.2, 0.25) is 0 Å². The maximum atomic E-state index is 12.0. The first kappa shape index (κ1) is 12.1. The molecule has 0 aliphatic heterocycles. The van der Waals surface area contributed by atoms with Gasteiger partial charge in [0.05, 0.1) is 24.1 Å². The maximum Gasteiger partial charge on any atom is 0.328 e. The second-order valence-electron chi connectivity index (χ2n) is 3.57. The van der Waals surface area contributed by atoms with Crippen LogP contribution in [0.3, 0.4) is 0 Å². The van der Waals surface area contributed by atoms with Crippen LogP contribution in [0.4, 0.5) is 0 Å². The number of nitrogens with zero attached hydrogens (tertiary/aromatic N) is 1. The van der Waals surface area contributed by atoms with Gasteiger partial charge < -0.3 is 9.72 Å². The summed E-state index contributed by atoms with van der Waals surface area (Å²) in [7, 11) is 1.53. The molecule has 5 nitrogen and oxygen atoms in total. The molecule has 2 rings (SSSR count). The SMILES string of the molecule is COCCn1c(=O)[nH]c2cc(Br)ccc2c1=O. The van der Waals surface area contributed by atoms with Crippen molar-refractivity contribution in [2.45, 2.75) is 6.54 Å². The van der Waals surface area contributed by atoms with Crippen molar-refractivity contribution >= 4 is 26.8 Å². The van der Waals surface area contributed by atoms with Gasteiger partial charge in [0.1, 0.15) is 0 Å². The van der Waals surface area contributed by atoms with E-state index in [1.165, 1.54) is 7.11 Å². The molecule has 0 radical (unpaired) electrons. The van der Waals surface area contributed by atoms with Crippen LogP contribution in [0.25, 0.3) is 10.9 Å². The summed E-state index contributed by atoms with van der Waals surface area (Å²) in [6.07, 6.45) is 0. The average molecular weight is 299 g/mol. The Hall–Kier alpha value is -1.40. The third kappa shape index (κ3) is 2.32. The molecule has 0 fully saturated rings. The Kier molecular flexibility index (Phi) is 3.44. The third-order valence-electron chi connectivity index (χ3n) is 2.46. The summed E-state index contributed by atoms with van der Waals surface area (Å²) in [4.78, 5) is 26.4. The maximum absolute atomic E-state index is 12.0. The van der Waals surface area contributed by atoms with Gasteiger partial charge in [-0.25, -0.2) is 4.79 Å². The number of fused-ring (bicyclic) bond motifs is 1. The molecule has 0 saturated heterocycles. The largest absolute Gasteiger partial charge is 0.383 e. The first-order valence-electron chi connectivity index (χ1n) is 5.05. The zero-order valence-corrected chi connectivity index (χ0v) is 10.8.